The van der Waals surface area contributed by atoms with E-state index in [1.807, 2.05) is 37.3 Å². The SMILES string of the molecule is Cc1coc(C2CCCN2C(=O)c2cccc(C(=O)N[C@@H](Cc3ccccc3)[C@H](O)CNCc3cccc(C(C)(C)C)c3)c2)n1. The smallest absolute Gasteiger partial charge is 0.254 e. The highest BCUT2D eigenvalue weighted by Crippen LogP contribution is 2.32. The molecule has 1 aliphatic rings. The number of aromatic nitrogens is 1. The maximum atomic E-state index is 13.6. The Labute approximate surface area is 265 Å². The van der Waals surface area contributed by atoms with E-state index in [-0.39, 0.29) is 23.3 Å². The van der Waals surface area contributed by atoms with E-state index in [1.165, 1.54) is 5.56 Å². The Bertz CT molecular complexity index is 1590. The van der Waals surface area contributed by atoms with Crippen LogP contribution < -0.4 is 10.6 Å². The van der Waals surface area contributed by atoms with Gasteiger partial charge in [0.2, 0.25) is 5.89 Å². The molecule has 1 fully saturated rings. The first-order chi connectivity index (χ1) is 21.6. The van der Waals surface area contributed by atoms with Gasteiger partial charge in [-0.25, -0.2) is 4.98 Å². The monoisotopic (exact) mass is 608 g/mol. The normalized spacial score (nSPS) is 16.4. The third-order valence-corrected chi connectivity index (χ3v) is 8.36. The summed E-state index contributed by atoms with van der Waals surface area (Å²) in [5.41, 5.74) is 5.01. The van der Waals surface area contributed by atoms with Crippen molar-refractivity contribution < 1.29 is 19.1 Å². The van der Waals surface area contributed by atoms with Crippen LogP contribution in [0.4, 0.5) is 0 Å². The van der Waals surface area contributed by atoms with Gasteiger partial charge < -0.3 is 25.1 Å². The lowest BCUT2D eigenvalue weighted by molar-refractivity contribution is 0.0715. The maximum Gasteiger partial charge on any atom is 0.254 e. The first kappa shape index (κ1) is 32.1. The van der Waals surface area contributed by atoms with Gasteiger partial charge in [0.05, 0.1) is 17.8 Å². The first-order valence-electron chi connectivity index (χ1n) is 15.7. The summed E-state index contributed by atoms with van der Waals surface area (Å²) in [6, 6.07) is 24.2. The minimum atomic E-state index is -0.848. The van der Waals surface area contributed by atoms with E-state index in [1.54, 1.807) is 35.4 Å². The zero-order valence-corrected chi connectivity index (χ0v) is 26.6. The lowest BCUT2D eigenvalue weighted by atomic mass is 9.86. The molecular weight excluding hydrogens is 564 g/mol. The maximum absolute atomic E-state index is 13.6. The molecule has 0 bridgehead atoms. The summed E-state index contributed by atoms with van der Waals surface area (Å²) in [6.45, 7) is 9.92. The number of aliphatic hydroxyl groups excluding tert-OH is 1. The van der Waals surface area contributed by atoms with Gasteiger partial charge in [-0.15, -0.1) is 0 Å². The third kappa shape index (κ3) is 8.26. The lowest BCUT2D eigenvalue weighted by Crippen LogP contribution is -2.48. The number of hydrogen-bond acceptors (Lipinski definition) is 6. The van der Waals surface area contributed by atoms with E-state index < -0.39 is 12.1 Å². The number of aliphatic hydroxyl groups is 1. The fraction of sp³-hybridized carbons (Fsp3) is 0.378. The summed E-state index contributed by atoms with van der Waals surface area (Å²) in [4.78, 5) is 33.4. The minimum Gasteiger partial charge on any atom is -0.446 e. The minimum absolute atomic E-state index is 0.0500. The van der Waals surface area contributed by atoms with Crippen molar-refractivity contribution >= 4 is 11.8 Å². The molecule has 0 radical (unpaired) electrons. The second-order valence-electron chi connectivity index (χ2n) is 13.0. The van der Waals surface area contributed by atoms with Crippen LogP contribution in [0.15, 0.2) is 89.5 Å². The molecule has 3 atom stereocenters. The number of carbonyl (C=O) groups is 2. The summed E-state index contributed by atoms with van der Waals surface area (Å²) in [6.07, 6.45) is 2.84. The molecule has 0 spiro atoms. The van der Waals surface area contributed by atoms with Crippen LogP contribution in [0.1, 0.15) is 88.6 Å². The molecule has 1 unspecified atom stereocenters. The molecule has 1 aromatic heterocycles. The summed E-state index contributed by atoms with van der Waals surface area (Å²) < 4.78 is 5.62. The number of rotatable bonds is 11. The fourth-order valence-electron chi connectivity index (χ4n) is 5.81. The Morgan fingerprint density at radius 3 is 2.47 bits per heavy atom. The van der Waals surface area contributed by atoms with Crippen LogP contribution in [0.5, 0.6) is 0 Å². The van der Waals surface area contributed by atoms with Gasteiger partial charge >= 0.3 is 0 Å². The second kappa shape index (κ2) is 14.2. The number of benzene rings is 3. The Morgan fingerprint density at radius 2 is 1.73 bits per heavy atom. The van der Waals surface area contributed by atoms with Gasteiger partial charge in [0.25, 0.3) is 11.8 Å². The number of amides is 2. The number of nitrogens with one attached hydrogen (secondary N) is 2. The Kier molecular flexibility index (Phi) is 10.2. The van der Waals surface area contributed by atoms with Crippen molar-refractivity contribution in [2.75, 3.05) is 13.1 Å². The molecule has 3 aromatic carbocycles. The summed E-state index contributed by atoms with van der Waals surface area (Å²) in [5.74, 6) is 0.0351. The predicted molar refractivity (Wildman–Crippen MR) is 175 cm³/mol. The van der Waals surface area contributed by atoms with Crippen LogP contribution in [0, 0.1) is 6.92 Å². The van der Waals surface area contributed by atoms with E-state index >= 15 is 0 Å². The van der Waals surface area contributed by atoms with Crippen molar-refractivity contribution in [1.29, 1.82) is 0 Å². The number of nitrogens with zero attached hydrogens (tertiary/aromatic N) is 2. The molecular formula is C37H44N4O4. The molecule has 0 aliphatic carbocycles. The number of hydrogen-bond donors (Lipinski definition) is 3. The molecule has 2 heterocycles. The molecule has 45 heavy (non-hydrogen) atoms. The van der Waals surface area contributed by atoms with Crippen LogP contribution in [0.25, 0.3) is 0 Å². The Morgan fingerprint density at radius 1 is 1.00 bits per heavy atom. The molecule has 3 N–H and O–H groups in total. The van der Waals surface area contributed by atoms with E-state index in [4.69, 9.17) is 4.42 Å². The van der Waals surface area contributed by atoms with Crippen molar-refractivity contribution in [3.63, 3.8) is 0 Å². The van der Waals surface area contributed by atoms with Gasteiger partial charge in [0.1, 0.15) is 12.3 Å². The van der Waals surface area contributed by atoms with Gasteiger partial charge in [-0.05, 0) is 66.5 Å². The first-order valence-corrected chi connectivity index (χ1v) is 15.7. The number of oxazole rings is 1. The average molecular weight is 609 g/mol. The lowest BCUT2D eigenvalue weighted by Gasteiger charge is -2.25. The van der Waals surface area contributed by atoms with Crippen LogP contribution in [-0.2, 0) is 18.4 Å². The summed E-state index contributed by atoms with van der Waals surface area (Å²) in [7, 11) is 0. The van der Waals surface area contributed by atoms with Crippen LogP contribution in [0.2, 0.25) is 0 Å². The average Bonchev–Trinajstić information content (AvgIpc) is 3.70. The number of carbonyl (C=O) groups excluding carboxylic acids is 2. The molecule has 0 saturated carbocycles. The van der Waals surface area contributed by atoms with Crippen molar-refractivity contribution in [3.05, 3.63) is 125 Å². The van der Waals surface area contributed by atoms with Gasteiger partial charge in [-0.3, -0.25) is 9.59 Å². The van der Waals surface area contributed by atoms with Crippen molar-refractivity contribution in [2.45, 2.75) is 77.1 Å². The molecule has 8 heteroatoms. The quantitative estimate of drug-likeness (QED) is 0.200. The van der Waals surface area contributed by atoms with Crippen molar-refractivity contribution in [2.24, 2.45) is 0 Å². The summed E-state index contributed by atoms with van der Waals surface area (Å²) >= 11 is 0. The molecule has 4 aromatic rings. The molecule has 1 saturated heterocycles. The highest BCUT2D eigenvalue weighted by Gasteiger charge is 2.34. The van der Waals surface area contributed by atoms with E-state index in [0.29, 0.717) is 43.1 Å². The van der Waals surface area contributed by atoms with Gasteiger partial charge in [-0.2, -0.15) is 0 Å². The number of likely N-dealkylation sites (tertiary alicyclic amines) is 1. The summed E-state index contributed by atoms with van der Waals surface area (Å²) in [5, 5.41) is 17.7. The topological polar surface area (TPSA) is 108 Å². The molecule has 8 nitrogen and oxygen atoms in total. The predicted octanol–water partition coefficient (Wildman–Crippen LogP) is 5.75. The molecule has 5 rings (SSSR count). The van der Waals surface area contributed by atoms with Crippen LogP contribution in [-0.4, -0.2) is 52.0 Å². The Balaban J connectivity index is 1.26. The number of aryl methyl sites for hydroxylation is 1. The largest absolute Gasteiger partial charge is 0.446 e. The van der Waals surface area contributed by atoms with Crippen LogP contribution in [0.3, 0.4) is 0 Å². The van der Waals surface area contributed by atoms with Crippen molar-refractivity contribution in [3.8, 4) is 0 Å². The van der Waals surface area contributed by atoms with Gasteiger partial charge in [0.15, 0.2) is 0 Å². The molecule has 1 aliphatic heterocycles. The van der Waals surface area contributed by atoms with Crippen LogP contribution >= 0.6 is 0 Å². The standard InChI is InChI=1S/C37H44N4O4/c1-25-24-45-35(39-25)32-17-10-18-41(32)36(44)29-15-9-14-28(21-29)34(43)40-31(20-26-11-6-5-7-12-26)33(42)23-38-22-27-13-8-16-30(19-27)37(2,3)4/h5-9,11-16,19,21,24,31-33,38,42H,10,17-18,20,22-23H2,1-4H3,(H,40,43)/t31-,32?,33+/m0/s1. The second-order valence-corrected chi connectivity index (χ2v) is 13.0. The van der Waals surface area contributed by atoms with Crippen molar-refractivity contribution in [1.82, 2.24) is 20.5 Å². The molecule has 2 amide bonds. The zero-order valence-electron chi connectivity index (χ0n) is 26.6. The van der Waals surface area contributed by atoms with E-state index in [2.05, 4.69) is 60.7 Å². The van der Waals surface area contributed by atoms with Gasteiger partial charge in [-0.1, -0.05) is 81.4 Å². The zero-order chi connectivity index (χ0) is 32.0. The van der Waals surface area contributed by atoms with E-state index in [9.17, 15) is 14.7 Å². The highest BCUT2D eigenvalue weighted by molar-refractivity contribution is 6.00. The fourth-order valence-corrected chi connectivity index (χ4v) is 5.81. The van der Waals surface area contributed by atoms with Gasteiger partial charge in [0, 0.05) is 30.8 Å². The highest BCUT2D eigenvalue weighted by atomic mass is 16.3. The Hall–Kier alpha value is -4.27. The molecule has 236 valence electrons. The van der Waals surface area contributed by atoms with E-state index in [0.717, 1.165) is 29.7 Å². The third-order valence-electron chi connectivity index (χ3n) is 8.36.